The Labute approximate surface area is 254 Å². The van der Waals surface area contributed by atoms with Gasteiger partial charge in [-0.1, -0.05) is 79.9 Å². The minimum atomic E-state index is -4.80. The van der Waals surface area contributed by atoms with Crippen molar-refractivity contribution in [2.75, 3.05) is 10.8 Å². The molecule has 4 rings (SSSR count). The van der Waals surface area contributed by atoms with Crippen LogP contribution >= 0.6 is 11.6 Å². The summed E-state index contributed by atoms with van der Waals surface area (Å²) in [5.74, 6) is -1.14. The van der Waals surface area contributed by atoms with Crippen molar-refractivity contribution < 1.29 is 31.2 Å². The summed E-state index contributed by atoms with van der Waals surface area (Å²) in [6.07, 6.45) is -0.946. The van der Waals surface area contributed by atoms with Crippen molar-refractivity contribution in [2.45, 2.75) is 68.7 Å². The average Bonchev–Trinajstić information content (AvgIpc) is 3.49. The smallest absolute Gasteiger partial charge is 0.352 e. The highest BCUT2D eigenvalue weighted by molar-refractivity contribution is 7.92. The number of anilines is 1. The molecule has 0 heterocycles. The van der Waals surface area contributed by atoms with E-state index in [0.717, 1.165) is 37.8 Å². The van der Waals surface area contributed by atoms with Gasteiger partial charge in [0.05, 0.1) is 21.2 Å². The third kappa shape index (κ3) is 7.88. The van der Waals surface area contributed by atoms with E-state index >= 15 is 0 Å². The van der Waals surface area contributed by atoms with Crippen molar-refractivity contribution in [3.05, 3.63) is 95.0 Å². The van der Waals surface area contributed by atoms with Crippen LogP contribution in [0.5, 0.6) is 0 Å². The molecule has 1 N–H and O–H groups in total. The van der Waals surface area contributed by atoms with Gasteiger partial charge in [0.15, 0.2) is 0 Å². The molecule has 0 aliphatic heterocycles. The molecule has 3 aromatic carbocycles. The van der Waals surface area contributed by atoms with E-state index in [1.807, 2.05) is 0 Å². The van der Waals surface area contributed by atoms with Crippen LogP contribution in [0.2, 0.25) is 5.02 Å². The number of halogens is 4. The van der Waals surface area contributed by atoms with Crippen LogP contribution in [-0.4, -0.2) is 43.8 Å². The Morgan fingerprint density at radius 2 is 1.58 bits per heavy atom. The minimum Gasteiger partial charge on any atom is -0.352 e. The fourth-order valence-electron chi connectivity index (χ4n) is 5.18. The second-order valence-corrected chi connectivity index (χ2v) is 12.7. The van der Waals surface area contributed by atoms with Gasteiger partial charge in [-0.15, -0.1) is 0 Å². The average molecular weight is 636 g/mol. The van der Waals surface area contributed by atoms with Crippen LogP contribution in [0.1, 0.15) is 50.2 Å². The normalized spacial score (nSPS) is 14.7. The standard InChI is InChI=1S/C31H33ClF3N3O4S/c1-2-27(30(40)36-24-13-9-10-14-24)37(20-22-11-5-3-6-12-22)29(39)21-38(43(41,42)25-15-7-4-8-16-25)28-19-23(31(33,34)35)17-18-26(28)32/h3-8,11-12,15-19,24,27H,2,9-10,13-14,20-21H2,1H3,(H,36,40)/t27-/m1/s1. The molecule has 230 valence electrons. The summed E-state index contributed by atoms with van der Waals surface area (Å²) in [5.41, 5.74) is -0.939. The van der Waals surface area contributed by atoms with Crippen molar-refractivity contribution >= 4 is 39.1 Å². The van der Waals surface area contributed by atoms with Crippen molar-refractivity contribution in [1.29, 1.82) is 0 Å². The molecule has 0 saturated heterocycles. The summed E-state index contributed by atoms with van der Waals surface area (Å²) in [5, 5.41) is 2.72. The molecule has 12 heteroatoms. The van der Waals surface area contributed by atoms with E-state index in [9.17, 15) is 31.2 Å². The SMILES string of the molecule is CC[C@H](C(=O)NC1CCCC1)N(Cc1ccccc1)C(=O)CN(c1cc(C(F)(F)F)ccc1Cl)S(=O)(=O)c1ccccc1. The van der Waals surface area contributed by atoms with E-state index in [0.29, 0.717) is 15.9 Å². The molecule has 0 unspecified atom stereocenters. The highest BCUT2D eigenvalue weighted by Gasteiger charge is 2.37. The third-order valence-electron chi connectivity index (χ3n) is 7.44. The molecule has 1 saturated carbocycles. The Kier molecular flexibility index (Phi) is 10.4. The first kappa shape index (κ1) is 32.3. The van der Waals surface area contributed by atoms with E-state index < -0.39 is 45.9 Å². The number of nitrogens with zero attached hydrogens (tertiary/aromatic N) is 2. The maximum atomic E-state index is 14.1. The van der Waals surface area contributed by atoms with E-state index in [1.54, 1.807) is 43.3 Å². The molecule has 1 atom stereocenters. The topological polar surface area (TPSA) is 86.8 Å². The zero-order valence-electron chi connectivity index (χ0n) is 23.6. The number of amides is 2. The zero-order chi connectivity index (χ0) is 31.2. The molecular weight excluding hydrogens is 603 g/mol. The minimum absolute atomic E-state index is 0.0194. The predicted molar refractivity (Wildman–Crippen MR) is 159 cm³/mol. The third-order valence-corrected chi connectivity index (χ3v) is 9.53. The summed E-state index contributed by atoms with van der Waals surface area (Å²) < 4.78 is 69.5. The van der Waals surface area contributed by atoms with E-state index in [1.165, 1.54) is 29.2 Å². The Balaban J connectivity index is 1.77. The summed E-state index contributed by atoms with van der Waals surface area (Å²) in [6.45, 7) is 0.830. The lowest BCUT2D eigenvalue weighted by atomic mass is 10.1. The quantitative estimate of drug-likeness (QED) is 0.263. The van der Waals surface area contributed by atoms with Gasteiger partial charge in [0, 0.05) is 12.6 Å². The van der Waals surface area contributed by atoms with Gasteiger partial charge in [-0.3, -0.25) is 13.9 Å². The van der Waals surface area contributed by atoms with Gasteiger partial charge in [-0.25, -0.2) is 8.42 Å². The van der Waals surface area contributed by atoms with Crippen molar-refractivity contribution in [3.63, 3.8) is 0 Å². The highest BCUT2D eigenvalue weighted by Crippen LogP contribution is 2.37. The first-order valence-electron chi connectivity index (χ1n) is 14.0. The van der Waals surface area contributed by atoms with E-state index in [2.05, 4.69) is 5.32 Å². The predicted octanol–water partition coefficient (Wildman–Crippen LogP) is 6.42. The molecule has 1 aliphatic rings. The van der Waals surface area contributed by atoms with Crippen LogP contribution in [0.15, 0.2) is 83.8 Å². The van der Waals surface area contributed by atoms with Crippen molar-refractivity contribution in [2.24, 2.45) is 0 Å². The van der Waals surface area contributed by atoms with Gasteiger partial charge in [-0.2, -0.15) is 13.2 Å². The van der Waals surface area contributed by atoms with Crippen LogP contribution in [0.3, 0.4) is 0 Å². The highest BCUT2D eigenvalue weighted by atomic mass is 35.5. The van der Waals surface area contributed by atoms with Crippen LogP contribution < -0.4 is 9.62 Å². The lowest BCUT2D eigenvalue weighted by molar-refractivity contribution is -0.140. The maximum Gasteiger partial charge on any atom is 0.416 e. The van der Waals surface area contributed by atoms with Gasteiger partial charge < -0.3 is 10.2 Å². The maximum absolute atomic E-state index is 14.1. The van der Waals surface area contributed by atoms with Gasteiger partial charge in [0.1, 0.15) is 12.6 Å². The first-order valence-corrected chi connectivity index (χ1v) is 15.8. The molecule has 43 heavy (non-hydrogen) atoms. The molecule has 0 bridgehead atoms. The molecule has 1 aliphatic carbocycles. The van der Waals surface area contributed by atoms with Gasteiger partial charge in [0.25, 0.3) is 10.0 Å². The Bertz CT molecular complexity index is 1520. The van der Waals surface area contributed by atoms with Gasteiger partial charge >= 0.3 is 6.18 Å². The second kappa shape index (κ2) is 13.8. The summed E-state index contributed by atoms with van der Waals surface area (Å²) in [6, 6.07) is 17.3. The van der Waals surface area contributed by atoms with Crippen molar-refractivity contribution in [3.8, 4) is 0 Å². The van der Waals surface area contributed by atoms with Crippen LogP contribution in [0.25, 0.3) is 0 Å². The van der Waals surface area contributed by atoms with E-state index in [4.69, 9.17) is 11.6 Å². The lowest BCUT2D eigenvalue weighted by Gasteiger charge is -2.34. The number of benzene rings is 3. The van der Waals surface area contributed by atoms with Crippen molar-refractivity contribution in [1.82, 2.24) is 10.2 Å². The molecule has 0 aromatic heterocycles. The van der Waals surface area contributed by atoms with Gasteiger partial charge in [0.2, 0.25) is 11.8 Å². The Morgan fingerprint density at radius 3 is 2.16 bits per heavy atom. The second-order valence-electron chi connectivity index (χ2n) is 10.4. The largest absolute Gasteiger partial charge is 0.416 e. The number of carbonyl (C=O) groups is 2. The number of carbonyl (C=O) groups excluding carboxylic acids is 2. The molecule has 2 amide bonds. The first-order chi connectivity index (χ1) is 20.4. The summed E-state index contributed by atoms with van der Waals surface area (Å²) >= 11 is 6.30. The Hall–Kier alpha value is -3.57. The Morgan fingerprint density at radius 1 is 0.977 bits per heavy atom. The number of sulfonamides is 1. The van der Waals surface area contributed by atoms with Gasteiger partial charge in [-0.05, 0) is 55.2 Å². The molecule has 3 aromatic rings. The van der Waals surface area contributed by atoms with Crippen LogP contribution in [-0.2, 0) is 32.3 Å². The number of hydrogen-bond donors (Lipinski definition) is 1. The summed E-state index contributed by atoms with van der Waals surface area (Å²) in [4.78, 5) is 28.6. The molecule has 1 fully saturated rings. The number of rotatable bonds is 11. The van der Waals surface area contributed by atoms with Crippen LogP contribution in [0, 0.1) is 0 Å². The zero-order valence-corrected chi connectivity index (χ0v) is 25.1. The number of nitrogens with one attached hydrogen (secondary N) is 1. The lowest BCUT2D eigenvalue weighted by Crippen LogP contribution is -2.53. The molecule has 7 nitrogen and oxygen atoms in total. The summed E-state index contributed by atoms with van der Waals surface area (Å²) in [7, 11) is -4.58. The fraction of sp³-hybridized carbons (Fsp3) is 0.355. The fourth-order valence-corrected chi connectivity index (χ4v) is 6.90. The molecule has 0 radical (unpaired) electrons. The molecular formula is C31H33ClF3N3O4S. The monoisotopic (exact) mass is 635 g/mol. The van der Waals surface area contributed by atoms with E-state index in [-0.39, 0.29) is 34.8 Å². The number of alkyl halides is 3. The molecule has 0 spiro atoms. The van der Waals surface area contributed by atoms with Crippen LogP contribution in [0.4, 0.5) is 18.9 Å². The number of hydrogen-bond acceptors (Lipinski definition) is 4.